The average molecular weight is 418 g/mol. The molecular formula is C21H18N6O4. The molecule has 0 saturated carbocycles. The van der Waals surface area contributed by atoms with Crippen molar-refractivity contribution in [3.05, 3.63) is 48.9 Å². The van der Waals surface area contributed by atoms with Gasteiger partial charge < -0.3 is 29.6 Å². The van der Waals surface area contributed by atoms with Gasteiger partial charge >= 0.3 is 0 Å². The van der Waals surface area contributed by atoms with Gasteiger partial charge in [-0.25, -0.2) is 9.97 Å². The number of rotatable bonds is 6. The number of nitrogens with one attached hydrogen (secondary N) is 2. The molecule has 0 saturated heterocycles. The summed E-state index contributed by atoms with van der Waals surface area (Å²) < 4.78 is 21.8. The number of ether oxygens (including phenoxy) is 4. The van der Waals surface area contributed by atoms with Crippen LogP contribution in [0.1, 0.15) is 0 Å². The highest BCUT2D eigenvalue weighted by molar-refractivity contribution is 5.94. The van der Waals surface area contributed by atoms with Gasteiger partial charge in [0.25, 0.3) is 0 Å². The van der Waals surface area contributed by atoms with E-state index >= 15 is 0 Å². The summed E-state index contributed by atoms with van der Waals surface area (Å²) in [5.74, 6) is 3.95. The predicted molar refractivity (Wildman–Crippen MR) is 114 cm³/mol. The number of hydrogen-bond acceptors (Lipinski definition) is 10. The van der Waals surface area contributed by atoms with E-state index in [4.69, 9.17) is 18.9 Å². The molecule has 2 aromatic carbocycles. The summed E-state index contributed by atoms with van der Waals surface area (Å²) in [6.07, 6.45) is 4.77. The second-order valence-corrected chi connectivity index (χ2v) is 6.53. The van der Waals surface area contributed by atoms with Crippen LogP contribution in [0.2, 0.25) is 0 Å². The summed E-state index contributed by atoms with van der Waals surface area (Å²) in [7, 11) is 3.16. The smallest absolute Gasteiger partial charge is 0.231 e. The van der Waals surface area contributed by atoms with Crippen molar-refractivity contribution >= 4 is 34.2 Å². The standard InChI is InChI=1S/C21H18N6O4/c1-28-16-8-13-14(9-17(16)29-2)25-21(26-19-10-22-5-6-23-19)27-20(13)24-12-3-4-15-18(7-12)31-11-30-15/h3-10H,11H2,1-2H3,(H2,23,24,25,26,27). The zero-order valence-corrected chi connectivity index (χ0v) is 16.7. The van der Waals surface area contributed by atoms with Crippen LogP contribution in [-0.2, 0) is 0 Å². The lowest BCUT2D eigenvalue weighted by Gasteiger charge is -2.14. The Balaban J connectivity index is 1.60. The molecule has 2 N–H and O–H groups in total. The van der Waals surface area contributed by atoms with Gasteiger partial charge in [0.1, 0.15) is 5.82 Å². The minimum absolute atomic E-state index is 0.207. The number of anilines is 4. The van der Waals surface area contributed by atoms with Crippen molar-refractivity contribution in [1.82, 2.24) is 19.9 Å². The van der Waals surface area contributed by atoms with Crippen molar-refractivity contribution in [2.45, 2.75) is 0 Å². The van der Waals surface area contributed by atoms with Crippen molar-refractivity contribution in [3.63, 3.8) is 0 Å². The molecule has 1 aliphatic heterocycles. The summed E-state index contributed by atoms with van der Waals surface area (Å²) in [6.45, 7) is 0.207. The van der Waals surface area contributed by atoms with Crippen LogP contribution >= 0.6 is 0 Å². The molecule has 10 nitrogen and oxygen atoms in total. The number of benzene rings is 2. The van der Waals surface area contributed by atoms with Crippen molar-refractivity contribution in [3.8, 4) is 23.0 Å². The van der Waals surface area contributed by atoms with Crippen LogP contribution in [0.15, 0.2) is 48.9 Å². The van der Waals surface area contributed by atoms with Crippen LogP contribution in [-0.4, -0.2) is 40.9 Å². The Kier molecular flexibility index (Phi) is 4.71. The Hall–Kier alpha value is -4.34. The molecule has 31 heavy (non-hydrogen) atoms. The van der Waals surface area contributed by atoms with Gasteiger partial charge in [-0.2, -0.15) is 4.98 Å². The highest BCUT2D eigenvalue weighted by atomic mass is 16.7. The molecule has 0 radical (unpaired) electrons. The molecule has 0 bridgehead atoms. The van der Waals surface area contributed by atoms with E-state index in [0.29, 0.717) is 46.1 Å². The predicted octanol–water partition coefficient (Wildman–Crippen LogP) is 3.65. The maximum Gasteiger partial charge on any atom is 0.231 e. The van der Waals surface area contributed by atoms with E-state index in [1.807, 2.05) is 24.3 Å². The Morgan fingerprint density at radius 1 is 0.903 bits per heavy atom. The summed E-state index contributed by atoms with van der Waals surface area (Å²) in [5, 5.41) is 7.16. The Morgan fingerprint density at radius 3 is 2.55 bits per heavy atom. The van der Waals surface area contributed by atoms with Crippen molar-refractivity contribution in [2.24, 2.45) is 0 Å². The molecule has 1 aliphatic rings. The molecule has 10 heteroatoms. The lowest BCUT2D eigenvalue weighted by atomic mass is 10.2. The van der Waals surface area contributed by atoms with Gasteiger partial charge in [-0.3, -0.25) is 4.98 Å². The third-order valence-electron chi connectivity index (χ3n) is 4.64. The van der Waals surface area contributed by atoms with Crippen LogP contribution in [0, 0.1) is 0 Å². The molecule has 0 fully saturated rings. The van der Waals surface area contributed by atoms with Gasteiger partial charge in [-0.15, -0.1) is 0 Å². The van der Waals surface area contributed by atoms with E-state index in [1.54, 1.807) is 38.9 Å². The van der Waals surface area contributed by atoms with E-state index in [-0.39, 0.29) is 6.79 Å². The molecule has 0 atom stereocenters. The number of methoxy groups -OCH3 is 2. The van der Waals surface area contributed by atoms with Gasteiger partial charge in [-0.1, -0.05) is 0 Å². The molecule has 156 valence electrons. The maximum atomic E-state index is 5.47. The number of nitrogens with zero attached hydrogens (tertiary/aromatic N) is 4. The van der Waals surface area contributed by atoms with Crippen molar-refractivity contribution in [2.75, 3.05) is 31.6 Å². The zero-order chi connectivity index (χ0) is 21.2. The fourth-order valence-corrected chi connectivity index (χ4v) is 3.20. The fraction of sp³-hybridized carbons (Fsp3) is 0.143. The molecule has 2 aromatic heterocycles. The van der Waals surface area contributed by atoms with Crippen LogP contribution < -0.4 is 29.6 Å². The highest BCUT2D eigenvalue weighted by Crippen LogP contribution is 2.38. The topological polar surface area (TPSA) is 113 Å². The first-order chi connectivity index (χ1) is 15.2. The first-order valence-electron chi connectivity index (χ1n) is 9.37. The molecule has 0 aliphatic carbocycles. The minimum atomic E-state index is 0.207. The van der Waals surface area contributed by atoms with Gasteiger partial charge in [0.15, 0.2) is 28.8 Å². The van der Waals surface area contributed by atoms with E-state index < -0.39 is 0 Å². The molecule has 4 aromatic rings. The van der Waals surface area contributed by atoms with Crippen molar-refractivity contribution < 1.29 is 18.9 Å². The van der Waals surface area contributed by atoms with Crippen LogP contribution in [0.5, 0.6) is 23.0 Å². The molecule has 0 unspecified atom stereocenters. The van der Waals surface area contributed by atoms with E-state index in [1.165, 1.54) is 0 Å². The minimum Gasteiger partial charge on any atom is -0.493 e. The summed E-state index contributed by atoms with van der Waals surface area (Å²) >= 11 is 0. The van der Waals surface area contributed by atoms with Crippen LogP contribution in [0.3, 0.4) is 0 Å². The number of aromatic nitrogens is 4. The van der Waals surface area contributed by atoms with Gasteiger partial charge in [0.05, 0.1) is 25.9 Å². The second-order valence-electron chi connectivity index (χ2n) is 6.53. The first kappa shape index (κ1) is 18.7. The quantitative estimate of drug-likeness (QED) is 0.481. The Bertz CT molecular complexity index is 1250. The second kappa shape index (κ2) is 7.82. The molecular weight excluding hydrogens is 400 g/mol. The van der Waals surface area contributed by atoms with Gasteiger partial charge in [0, 0.05) is 35.6 Å². The van der Waals surface area contributed by atoms with Crippen LogP contribution in [0.4, 0.5) is 23.3 Å². The summed E-state index contributed by atoms with van der Waals surface area (Å²) in [4.78, 5) is 17.5. The Labute approximate surface area is 177 Å². The van der Waals surface area contributed by atoms with E-state index in [9.17, 15) is 0 Å². The molecule has 0 spiro atoms. The summed E-state index contributed by atoms with van der Waals surface area (Å²) in [5.41, 5.74) is 1.44. The molecule has 0 amide bonds. The molecule has 5 rings (SSSR count). The lowest BCUT2D eigenvalue weighted by Crippen LogP contribution is -2.04. The number of hydrogen-bond donors (Lipinski definition) is 2. The van der Waals surface area contributed by atoms with Gasteiger partial charge in [0.2, 0.25) is 12.7 Å². The maximum absolute atomic E-state index is 5.47. The first-order valence-corrected chi connectivity index (χ1v) is 9.37. The summed E-state index contributed by atoms with van der Waals surface area (Å²) in [6, 6.07) is 9.21. The largest absolute Gasteiger partial charge is 0.493 e. The SMILES string of the molecule is COc1cc2nc(Nc3cnccn3)nc(Nc3ccc4c(c3)OCO4)c2cc1OC. The van der Waals surface area contributed by atoms with Crippen LogP contribution in [0.25, 0.3) is 10.9 Å². The third-order valence-corrected chi connectivity index (χ3v) is 4.64. The zero-order valence-electron chi connectivity index (χ0n) is 16.7. The third kappa shape index (κ3) is 3.66. The lowest BCUT2D eigenvalue weighted by molar-refractivity contribution is 0.174. The fourth-order valence-electron chi connectivity index (χ4n) is 3.20. The normalized spacial score (nSPS) is 11.9. The van der Waals surface area contributed by atoms with E-state index in [2.05, 4.69) is 30.6 Å². The average Bonchev–Trinajstić information content (AvgIpc) is 3.27. The molecule has 3 heterocycles. The van der Waals surface area contributed by atoms with Crippen molar-refractivity contribution in [1.29, 1.82) is 0 Å². The number of fused-ring (bicyclic) bond motifs is 2. The monoisotopic (exact) mass is 418 g/mol. The van der Waals surface area contributed by atoms with E-state index in [0.717, 1.165) is 11.1 Å². The Morgan fingerprint density at radius 2 is 1.74 bits per heavy atom. The highest BCUT2D eigenvalue weighted by Gasteiger charge is 2.17. The van der Waals surface area contributed by atoms with Gasteiger partial charge in [-0.05, 0) is 18.2 Å².